The summed E-state index contributed by atoms with van der Waals surface area (Å²) in [7, 11) is 0. The average molecular weight is 295 g/mol. The molecule has 0 amide bonds. The van der Waals surface area contributed by atoms with Crippen LogP contribution in [0.5, 0.6) is 0 Å². The first-order valence-electron chi connectivity index (χ1n) is 6.74. The molecule has 0 saturated carbocycles. The van der Waals surface area contributed by atoms with Crippen LogP contribution >= 0.6 is 0 Å². The number of hydrogen-bond acceptors (Lipinski definition) is 5. The van der Waals surface area contributed by atoms with E-state index in [0.29, 0.717) is 31.3 Å². The van der Waals surface area contributed by atoms with Crippen molar-refractivity contribution in [3.63, 3.8) is 0 Å². The molecule has 1 fully saturated rings. The van der Waals surface area contributed by atoms with Crippen LogP contribution in [0.4, 0.5) is 5.69 Å². The van der Waals surface area contributed by atoms with Gasteiger partial charge in [0.05, 0.1) is 18.1 Å². The van der Waals surface area contributed by atoms with E-state index in [4.69, 9.17) is 14.6 Å². The molecule has 1 aromatic carbocycles. The number of ether oxygens (including phenoxy) is 2. The van der Waals surface area contributed by atoms with Gasteiger partial charge in [-0.05, 0) is 24.3 Å². The smallest absolute Gasteiger partial charge is 0.343 e. The Hall–Kier alpha value is -1.99. The van der Waals surface area contributed by atoms with E-state index in [2.05, 4.69) is 0 Å². The summed E-state index contributed by atoms with van der Waals surface area (Å²) < 4.78 is 10.8. The van der Waals surface area contributed by atoms with Crippen LogP contribution < -0.4 is 0 Å². The summed E-state index contributed by atoms with van der Waals surface area (Å²) in [6.07, 6.45) is 1.83. The van der Waals surface area contributed by atoms with E-state index in [1.165, 1.54) is 12.1 Å². The molecule has 0 aromatic heterocycles. The third-order valence-corrected chi connectivity index (χ3v) is 3.49. The van der Waals surface area contributed by atoms with Gasteiger partial charge in [0, 0.05) is 19.3 Å². The topological polar surface area (TPSA) is 98.9 Å². The summed E-state index contributed by atoms with van der Waals surface area (Å²) in [6, 6.07) is 4.20. The van der Waals surface area contributed by atoms with Crippen LogP contribution in [0.15, 0.2) is 18.2 Å². The van der Waals surface area contributed by atoms with E-state index in [1.807, 2.05) is 0 Å². The van der Waals surface area contributed by atoms with E-state index >= 15 is 0 Å². The lowest BCUT2D eigenvalue weighted by atomic mass is 10.0. The third-order valence-electron chi connectivity index (χ3n) is 3.49. The van der Waals surface area contributed by atoms with Gasteiger partial charge in [-0.25, -0.2) is 4.79 Å². The standard InChI is InChI=1S/C14H17NO6/c16-14(17)13-11(2-1-3-12(13)15(18)19)9-21-8-10-4-6-20-7-5-10/h1-3,10H,4-9H2,(H,16,17). The molecule has 1 heterocycles. The van der Waals surface area contributed by atoms with Crippen LogP contribution in [-0.2, 0) is 16.1 Å². The van der Waals surface area contributed by atoms with Crippen molar-refractivity contribution in [3.05, 3.63) is 39.4 Å². The first-order chi connectivity index (χ1) is 10.1. The number of carbonyl (C=O) groups is 1. The fourth-order valence-electron chi connectivity index (χ4n) is 2.35. The lowest BCUT2D eigenvalue weighted by Gasteiger charge is -2.21. The Bertz CT molecular complexity index is 524. The van der Waals surface area contributed by atoms with Gasteiger partial charge < -0.3 is 14.6 Å². The zero-order valence-electron chi connectivity index (χ0n) is 11.5. The molecule has 1 aliphatic heterocycles. The quantitative estimate of drug-likeness (QED) is 0.638. The Morgan fingerprint density at radius 1 is 1.43 bits per heavy atom. The number of rotatable bonds is 6. The summed E-state index contributed by atoms with van der Waals surface area (Å²) in [5.41, 5.74) is -0.382. The highest BCUT2D eigenvalue weighted by Crippen LogP contribution is 2.23. The number of hydrogen-bond donors (Lipinski definition) is 1. The zero-order chi connectivity index (χ0) is 15.2. The second-order valence-corrected chi connectivity index (χ2v) is 4.94. The molecule has 0 aliphatic carbocycles. The maximum Gasteiger partial charge on any atom is 0.343 e. The minimum atomic E-state index is -1.31. The van der Waals surface area contributed by atoms with Crippen LogP contribution in [0.1, 0.15) is 28.8 Å². The highest BCUT2D eigenvalue weighted by molar-refractivity contribution is 5.94. The fourth-order valence-corrected chi connectivity index (χ4v) is 2.35. The van der Waals surface area contributed by atoms with Gasteiger partial charge in [0.15, 0.2) is 0 Å². The molecule has 7 nitrogen and oxygen atoms in total. The first-order valence-corrected chi connectivity index (χ1v) is 6.74. The van der Waals surface area contributed by atoms with Crippen LogP contribution in [0.3, 0.4) is 0 Å². The molecular formula is C14H17NO6. The number of aromatic carboxylic acids is 1. The second kappa shape index (κ2) is 7.14. The van der Waals surface area contributed by atoms with Crippen molar-refractivity contribution >= 4 is 11.7 Å². The van der Waals surface area contributed by atoms with Gasteiger partial charge in [-0.3, -0.25) is 10.1 Å². The molecule has 21 heavy (non-hydrogen) atoms. The Morgan fingerprint density at radius 3 is 2.76 bits per heavy atom. The van der Waals surface area contributed by atoms with Gasteiger partial charge in [0.25, 0.3) is 5.69 Å². The van der Waals surface area contributed by atoms with Crippen LogP contribution in [0, 0.1) is 16.0 Å². The molecule has 0 atom stereocenters. The van der Waals surface area contributed by atoms with Crippen molar-refractivity contribution in [3.8, 4) is 0 Å². The Balaban J connectivity index is 2.03. The van der Waals surface area contributed by atoms with Crippen LogP contribution in [0.25, 0.3) is 0 Å². The summed E-state index contributed by atoms with van der Waals surface area (Å²) in [6.45, 7) is 1.99. The predicted octanol–water partition coefficient (Wildman–Crippen LogP) is 2.24. The van der Waals surface area contributed by atoms with E-state index < -0.39 is 16.6 Å². The Morgan fingerprint density at radius 2 is 2.14 bits per heavy atom. The van der Waals surface area contributed by atoms with Crippen molar-refractivity contribution in [2.24, 2.45) is 5.92 Å². The van der Waals surface area contributed by atoms with E-state index in [0.717, 1.165) is 12.8 Å². The minimum Gasteiger partial charge on any atom is -0.477 e. The van der Waals surface area contributed by atoms with Gasteiger partial charge >= 0.3 is 5.97 Å². The highest BCUT2D eigenvalue weighted by atomic mass is 16.6. The lowest BCUT2D eigenvalue weighted by molar-refractivity contribution is -0.385. The van der Waals surface area contributed by atoms with E-state index in [-0.39, 0.29) is 12.2 Å². The first kappa shape index (κ1) is 15.4. The number of carboxylic acid groups (broad SMARTS) is 1. The normalized spacial score (nSPS) is 15.8. The van der Waals surface area contributed by atoms with Crippen molar-refractivity contribution in [2.45, 2.75) is 19.4 Å². The molecule has 2 rings (SSSR count). The number of carboxylic acids is 1. The number of benzene rings is 1. The molecule has 1 aliphatic rings. The lowest BCUT2D eigenvalue weighted by Crippen LogP contribution is -2.20. The molecule has 7 heteroatoms. The summed E-state index contributed by atoms with van der Waals surface area (Å²) in [5.74, 6) is -0.919. The molecule has 0 spiro atoms. The van der Waals surface area contributed by atoms with Crippen LogP contribution in [-0.4, -0.2) is 35.8 Å². The van der Waals surface area contributed by atoms with E-state index in [1.54, 1.807) is 6.07 Å². The maximum atomic E-state index is 11.2. The maximum absolute atomic E-state index is 11.2. The van der Waals surface area contributed by atoms with Crippen molar-refractivity contribution in [1.82, 2.24) is 0 Å². The molecule has 0 unspecified atom stereocenters. The zero-order valence-corrected chi connectivity index (χ0v) is 11.5. The summed E-state index contributed by atoms with van der Waals surface area (Å²) in [4.78, 5) is 21.4. The third kappa shape index (κ3) is 3.99. The molecule has 114 valence electrons. The van der Waals surface area contributed by atoms with Gasteiger partial charge in [-0.1, -0.05) is 12.1 Å². The van der Waals surface area contributed by atoms with Crippen molar-refractivity contribution in [1.29, 1.82) is 0 Å². The van der Waals surface area contributed by atoms with E-state index in [9.17, 15) is 14.9 Å². The second-order valence-electron chi connectivity index (χ2n) is 4.94. The largest absolute Gasteiger partial charge is 0.477 e. The Kier molecular flexibility index (Phi) is 5.24. The van der Waals surface area contributed by atoms with Crippen molar-refractivity contribution < 1.29 is 24.3 Å². The molecule has 1 saturated heterocycles. The van der Waals surface area contributed by atoms with Gasteiger partial charge in [0.1, 0.15) is 5.56 Å². The molecule has 0 radical (unpaired) electrons. The fraction of sp³-hybridized carbons (Fsp3) is 0.500. The Labute approximate surface area is 121 Å². The molecular weight excluding hydrogens is 278 g/mol. The predicted molar refractivity (Wildman–Crippen MR) is 73.3 cm³/mol. The number of nitro benzene ring substituents is 1. The molecule has 1 aromatic rings. The van der Waals surface area contributed by atoms with Gasteiger partial charge in [-0.15, -0.1) is 0 Å². The van der Waals surface area contributed by atoms with Gasteiger partial charge in [0.2, 0.25) is 0 Å². The SMILES string of the molecule is O=C(O)c1c(COCC2CCOCC2)cccc1[N+](=O)[O-]. The molecule has 1 N–H and O–H groups in total. The van der Waals surface area contributed by atoms with Gasteiger partial charge in [-0.2, -0.15) is 0 Å². The number of nitro groups is 1. The average Bonchev–Trinajstić information content (AvgIpc) is 2.47. The minimum absolute atomic E-state index is 0.0562. The van der Waals surface area contributed by atoms with Crippen molar-refractivity contribution in [2.75, 3.05) is 19.8 Å². The molecule has 0 bridgehead atoms. The summed E-state index contributed by atoms with van der Waals surface area (Å²) in [5, 5.41) is 20.1. The van der Waals surface area contributed by atoms with Crippen LogP contribution in [0.2, 0.25) is 0 Å². The highest BCUT2D eigenvalue weighted by Gasteiger charge is 2.23. The summed E-state index contributed by atoms with van der Waals surface area (Å²) >= 11 is 0. The number of nitrogens with zero attached hydrogens (tertiary/aromatic N) is 1. The monoisotopic (exact) mass is 295 g/mol.